The average Bonchev–Trinajstić information content (AvgIpc) is 2.88. The van der Waals surface area contributed by atoms with Crippen LogP contribution in [0.15, 0.2) is 0 Å². The second kappa shape index (κ2) is 6.11. The molecule has 1 fully saturated rings. The van der Waals surface area contributed by atoms with Gasteiger partial charge < -0.3 is 19.5 Å². The number of hydrogen-bond donors (Lipinski definition) is 1. The number of carbonyl (C=O) groups excluding carboxylic acids is 1. The Balaban J connectivity index is 1.57. The molecule has 2 atom stereocenters. The molecule has 1 N–H and O–H groups in total. The maximum absolute atomic E-state index is 12.4. The van der Waals surface area contributed by atoms with Gasteiger partial charge in [-0.1, -0.05) is 0 Å². The smallest absolute Gasteiger partial charge is 0.239 e. The highest BCUT2D eigenvalue weighted by Crippen LogP contribution is 2.15. The van der Waals surface area contributed by atoms with Crippen LogP contribution in [0.3, 0.4) is 0 Å². The summed E-state index contributed by atoms with van der Waals surface area (Å²) in [5.74, 6) is 2.17. The van der Waals surface area contributed by atoms with Crippen molar-refractivity contribution >= 4 is 5.91 Å². The highest BCUT2D eigenvalue weighted by Gasteiger charge is 2.27. The van der Waals surface area contributed by atoms with E-state index in [-0.39, 0.29) is 11.9 Å². The lowest BCUT2D eigenvalue weighted by atomic mass is 10.1. The Morgan fingerprint density at radius 3 is 2.90 bits per heavy atom. The van der Waals surface area contributed by atoms with Gasteiger partial charge in [-0.15, -0.1) is 10.2 Å². The Morgan fingerprint density at radius 2 is 2.14 bits per heavy atom. The number of rotatable bonds is 3. The molecule has 0 spiro atoms. The van der Waals surface area contributed by atoms with Gasteiger partial charge in [-0.05, 0) is 20.3 Å². The first kappa shape index (κ1) is 14.5. The lowest BCUT2D eigenvalue weighted by Gasteiger charge is -2.32. The number of nitrogens with zero attached hydrogens (tertiary/aromatic N) is 4. The first-order valence-electron chi connectivity index (χ1n) is 7.66. The summed E-state index contributed by atoms with van der Waals surface area (Å²) < 4.78 is 7.44. The summed E-state index contributed by atoms with van der Waals surface area (Å²) in [5.41, 5.74) is 0. The van der Waals surface area contributed by atoms with Gasteiger partial charge in [0, 0.05) is 32.1 Å². The van der Waals surface area contributed by atoms with Crippen LogP contribution in [-0.2, 0) is 22.5 Å². The summed E-state index contributed by atoms with van der Waals surface area (Å²) in [6.07, 6.45) is 1.91. The van der Waals surface area contributed by atoms with Gasteiger partial charge in [0.05, 0.1) is 19.3 Å². The third-order valence-corrected chi connectivity index (χ3v) is 4.31. The van der Waals surface area contributed by atoms with Gasteiger partial charge in [-0.25, -0.2) is 0 Å². The van der Waals surface area contributed by atoms with Crippen molar-refractivity contribution in [3.8, 4) is 0 Å². The molecule has 0 bridgehead atoms. The van der Waals surface area contributed by atoms with Gasteiger partial charge in [-0.2, -0.15) is 0 Å². The van der Waals surface area contributed by atoms with Crippen LogP contribution in [0, 0.1) is 6.92 Å². The Bertz CT molecular complexity index is 509. The summed E-state index contributed by atoms with van der Waals surface area (Å²) in [5, 5.41) is 11.8. The molecule has 7 heteroatoms. The van der Waals surface area contributed by atoms with E-state index in [2.05, 4.69) is 20.1 Å². The molecule has 0 aromatic carbocycles. The molecule has 1 saturated heterocycles. The van der Waals surface area contributed by atoms with E-state index in [1.165, 1.54) is 0 Å². The number of hydrogen-bond acceptors (Lipinski definition) is 5. The van der Waals surface area contributed by atoms with Gasteiger partial charge in [0.25, 0.3) is 0 Å². The number of fused-ring (bicyclic) bond motifs is 1. The van der Waals surface area contributed by atoms with Crippen LogP contribution in [0.2, 0.25) is 0 Å². The topological polar surface area (TPSA) is 72.3 Å². The summed E-state index contributed by atoms with van der Waals surface area (Å²) in [7, 11) is 0. The molecule has 116 valence electrons. The Hall–Kier alpha value is -1.47. The minimum atomic E-state index is -0.161. The second-order valence-corrected chi connectivity index (χ2v) is 5.84. The van der Waals surface area contributed by atoms with E-state index in [9.17, 15) is 4.79 Å². The van der Waals surface area contributed by atoms with Crippen LogP contribution in [0.1, 0.15) is 25.0 Å². The summed E-state index contributed by atoms with van der Waals surface area (Å²) in [6, 6.07) is 0.138. The largest absolute Gasteiger partial charge is 0.378 e. The number of aromatic nitrogens is 3. The summed E-state index contributed by atoms with van der Waals surface area (Å²) in [4.78, 5) is 14.3. The Morgan fingerprint density at radius 1 is 1.38 bits per heavy atom. The molecular formula is C14H23N5O2. The third kappa shape index (κ3) is 3.08. The van der Waals surface area contributed by atoms with Crippen LogP contribution in [0.4, 0.5) is 0 Å². The highest BCUT2D eigenvalue weighted by molar-refractivity contribution is 5.81. The SMILES string of the molecule is Cc1nnc2n1C[C@@H](N[C@H](C)C(=O)N1CCOCC1)CC2. The van der Waals surface area contributed by atoms with Crippen molar-refractivity contribution in [2.75, 3.05) is 26.3 Å². The third-order valence-electron chi connectivity index (χ3n) is 4.31. The van der Waals surface area contributed by atoms with Crippen molar-refractivity contribution in [1.29, 1.82) is 0 Å². The molecule has 3 heterocycles. The van der Waals surface area contributed by atoms with Crippen molar-refractivity contribution < 1.29 is 9.53 Å². The van der Waals surface area contributed by atoms with E-state index >= 15 is 0 Å². The maximum atomic E-state index is 12.4. The molecule has 1 amide bonds. The van der Waals surface area contributed by atoms with E-state index in [0.29, 0.717) is 32.3 Å². The first-order chi connectivity index (χ1) is 10.1. The van der Waals surface area contributed by atoms with Crippen molar-refractivity contribution in [3.05, 3.63) is 11.6 Å². The molecule has 7 nitrogen and oxygen atoms in total. The fourth-order valence-electron chi connectivity index (χ4n) is 3.08. The predicted octanol–water partition coefficient (Wildman–Crippen LogP) is -0.262. The molecule has 3 rings (SSSR count). The lowest BCUT2D eigenvalue weighted by molar-refractivity contribution is -0.137. The molecule has 2 aliphatic rings. The number of aryl methyl sites for hydroxylation is 2. The van der Waals surface area contributed by atoms with E-state index in [4.69, 9.17) is 4.74 Å². The number of ether oxygens (including phenoxy) is 1. The van der Waals surface area contributed by atoms with Crippen LogP contribution < -0.4 is 5.32 Å². The molecule has 0 unspecified atom stereocenters. The molecular weight excluding hydrogens is 270 g/mol. The molecule has 2 aliphatic heterocycles. The molecule has 1 aromatic rings. The summed E-state index contributed by atoms with van der Waals surface area (Å²) in [6.45, 7) is 7.45. The minimum absolute atomic E-state index is 0.161. The second-order valence-electron chi connectivity index (χ2n) is 5.84. The van der Waals surface area contributed by atoms with Crippen LogP contribution in [-0.4, -0.2) is 64.0 Å². The van der Waals surface area contributed by atoms with Crippen molar-refractivity contribution in [2.24, 2.45) is 0 Å². The van der Waals surface area contributed by atoms with Gasteiger partial charge in [-0.3, -0.25) is 4.79 Å². The Labute approximate surface area is 124 Å². The Kier molecular flexibility index (Phi) is 4.21. The predicted molar refractivity (Wildman–Crippen MR) is 76.9 cm³/mol. The van der Waals surface area contributed by atoms with Gasteiger partial charge in [0.2, 0.25) is 5.91 Å². The van der Waals surface area contributed by atoms with Crippen LogP contribution >= 0.6 is 0 Å². The summed E-state index contributed by atoms with van der Waals surface area (Å²) >= 11 is 0. The molecule has 1 aromatic heterocycles. The first-order valence-corrected chi connectivity index (χ1v) is 7.66. The highest BCUT2D eigenvalue weighted by atomic mass is 16.5. The fraction of sp³-hybridized carbons (Fsp3) is 0.786. The monoisotopic (exact) mass is 293 g/mol. The zero-order valence-electron chi connectivity index (χ0n) is 12.7. The molecule has 0 aliphatic carbocycles. The van der Waals surface area contributed by atoms with Gasteiger partial charge >= 0.3 is 0 Å². The van der Waals surface area contributed by atoms with E-state index in [1.54, 1.807) is 0 Å². The lowest BCUT2D eigenvalue weighted by Crippen LogP contribution is -2.52. The average molecular weight is 293 g/mol. The van der Waals surface area contributed by atoms with E-state index in [1.807, 2.05) is 18.7 Å². The number of amides is 1. The molecule has 21 heavy (non-hydrogen) atoms. The minimum Gasteiger partial charge on any atom is -0.378 e. The van der Waals surface area contributed by atoms with Crippen LogP contribution in [0.25, 0.3) is 0 Å². The fourth-order valence-corrected chi connectivity index (χ4v) is 3.08. The van der Waals surface area contributed by atoms with Gasteiger partial charge in [0.1, 0.15) is 11.6 Å². The van der Waals surface area contributed by atoms with Crippen molar-refractivity contribution in [2.45, 2.75) is 45.3 Å². The van der Waals surface area contributed by atoms with Crippen molar-refractivity contribution in [1.82, 2.24) is 25.0 Å². The quantitative estimate of drug-likeness (QED) is 0.831. The number of morpholine rings is 1. The number of nitrogens with one attached hydrogen (secondary N) is 1. The van der Waals surface area contributed by atoms with Crippen LogP contribution in [0.5, 0.6) is 0 Å². The zero-order valence-corrected chi connectivity index (χ0v) is 12.7. The molecule has 0 saturated carbocycles. The van der Waals surface area contributed by atoms with E-state index in [0.717, 1.165) is 31.0 Å². The number of carbonyl (C=O) groups is 1. The normalized spacial score (nSPS) is 23.7. The maximum Gasteiger partial charge on any atom is 0.239 e. The van der Waals surface area contributed by atoms with E-state index < -0.39 is 0 Å². The molecule has 0 radical (unpaired) electrons. The standard InChI is InChI=1S/C14H23N5O2/c1-10(14(20)18-5-7-21-8-6-18)15-12-3-4-13-17-16-11(2)19(13)9-12/h10,12,15H,3-9H2,1-2H3/t10-,12+/m1/s1. The van der Waals surface area contributed by atoms with Gasteiger partial charge in [0.15, 0.2) is 0 Å². The van der Waals surface area contributed by atoms with Crippen molar-refractivity contribution in [3.63, 3.8) is 0 Å². The zero-order chi connectivity index (χ0) is 14.8.